The van der Waals surface area contributed by atoms with Crippen LogP contribution in [-0.4, -0.2) is 13.1 Å². The van der Waals surface area contributed by atoms with Crippen LogP contribution in [0.3, 0.4) is 0 Å². The van der Waals surface area contributed by atoms with Gasteiger partial charge in [0.2, 0.25) is 0 Å². The van der Waals surface area contributed by atoms with Crippen LogP contribution in [-0.2, 0) is 9.53 Å². The van der Waals surface area contributed by atoms with E-state index in [2.05, 4.69) is 27.7 Å². The zero-order valence-corrected chi connectivity index (χ0v) is 18.9. The van der Waals surface area contributed by atoms with Crippen LogP contribution < -0.4 is 0 Å². The summed E-state index contributed by atoms with van der Waals surface area (Å²) in [6, 6.07) is 0. The fourth-order valence-corrected chi connectivity index (χ4v) is 6.94. The largest absolute Gasteiger partial charge is 0.469 e. The lowest BCUT2D eigenvalue weighted by atomic mass is 9.58. The average Bonchev–Trinajstić information content (AvgIpc) is 2.69. The number of carbonyl (C=O) groups is 1. The van der Waals surface area contributed by atoms with Crippen molar-refractivity contribution >= 4 is 5.97 Å². The van der Waals surface area contributed by atoms with Gasteiger partial charge in [-0.25, -0.2) is 0 Å². The van der Waals surface area contributed by atoms with E-state index in [0.717, 1.165) is 24.2 Å². The van der Waals surface area contributed by atoms with Crippen molar-refractivity contribution in [1.29, 1.82) is 0 Å². The summed E-state index contributed by atoms with van der Waals surface area (Å²) < 4.78 is 4.88. The Morgan fingerprint density at radius 2 is 1.72 bits per heavy atom. The molecule has 2 aliphatic carbocycles. The van der Waals surface area contributed by atoms with Crippen molar-refractivity contribution in [1.82, 2.24) is 0 Å². The third-order valence-corrected chi connectivity index (χ3v) is 8.50. The van der Waals surface area contributed by atoms with Crippen LogP contribution >= 0.6 is 0 Å². The molecule has 0 aromatic carbocycles. The van der Waals surface area contributed by atoms with E-state index in [0.29, 0.717) is 17.3 Å². The quantitative estimate of drug-likeness (QED) is 0.392. The highest BCUT2D eigenvalue weighted by atomic mass is 16.5. The highest BCUT2D eigenvalue weighted by Crippen LogP contribution is 2.55. The van der Waals surface area contributed by atoms with E-state index in [1.165, 1.54) is 84.2 Å². The smallest absolute Gasteiger partial charge is 0.305 e. The Morgan fingerprint density at radius 1 is 1.03 bits per heavy atom. The lowest BCUT2D eigenvalue weighted by Crippen LogP contribution is -2.38. The zero-order chi connectivity index (χ0) is 19.9. The van der Waals surface area contributed by atoms with Crippen molar-refractivity contribution in [3.8, 4) is 0 Å². The van der Waals surface area contributed by atoms with Gasteiger partial charge in [-0.05, 0) is 80.0 Å². The summed E-state index contributed by atoms with van der Waals surface area (Å²) >= 11 is 0. The SMILES string of the molecule is C.C.CCCC1(C)C[C@H](CC)C2CCCCC2(C)CCCC1CCCC(=O)OC. The molecule has 0 bridgehead atoms. The molecule has 0 aromatic rings. The molecule has 2 saturated carbocycles. The molecule has 0 spiro atoms. The Labute approximate surface area is 184 Å². The summed E-state index contributed by atoms with van der Waals surface area (Å²) in [6.07, 6.45) is 18.1. The van der Waals surface area contributed by atoms with Crippen LogP contribution in [0.1, 0.15) is 132 Å². The third kappa shape index (κ3) is 7.28. The fraction of sp³-hybridized carbons (Fsp3) is 0.963. The van der Waals surface area contributed by atoms with Gasteiger partial charge < -0.3 is 4.74 Å². The normalized spacial score (nSPS) is 35.0. The van der Waals surface area contributed by atoms with E-state index in [1.807, 2.05) is 0 Å². The minimum absolute atomic E-state index is 0. The van der Waals surface area contributed by atoms with Gasteiger partial charge in [0.25, 0.3) is 0 Å². The Balaban J connectivity index is 0.00000392. The van der Waals surface area contributed by atoms with Crippen molar-refractivity contribution < 1.29 is 9.53 Å². The van der Waals surface area contributed by atoms with Gasteiger partial charge in [0.05, 0.1) is 7.11 Å². The molecule has 2 fully saturated rings. The van der Waals surface area contributed by atoms with Crippen LogP contribution in [0.2, 0.25) is 0 Å². The van der Waals surface area contributed by atoms with Crippen LogP contribution in [0, 0.1) is 28.6 Å². The maximum atomic E-state index is 11.6. The van der Waals surface area contributed by atoms with Crippen molar-refractivity contribution in [3.05, 3.63) is 0 Å². The summed E-state index contributed by atoms with van der Waals surface area (Å²) in [7, 11) is 1.51. The van der Waals surface area contributed by atoms with Crippen LogP contribution in [0.15, 0.2) is 0 Å². The van der Waals surface area contributed by atoms with Crippen LogP contribution in [0.4, 0.5) is 0 Å². The first-order chi connectivity index (χ1) is 12.9. The molecule has 2 heteroatoms. The van der Waals surface area contributed by atoms with Gasteiger partial charge in [-0.15, -0.1) is 0 Å². The minimum atomic E-state index is -0.0415. The van der Waals surface area contributed by atoms with Gasteiger partial charge >= 0.3 is 5.97 Å². The van der Waals surface area contributed by atoms with Gasteiger partial charge in [0.1, 0.15) is 0 Å². The highest BCUT2D eigenvalue weighted by molar-refractivity contribution is 5.68. The molecular formula is C27H54O2. The minimum Gasteiger partial charge on any atom is -0.469 e. The fourth-order valence-electron chi connectivity index (χ4n) is 6.94. The Morgan fingerprint density at radius 3 is 2.34 bits per heavy atom. The van der Waals surface area contributed by atoms with Crippen LogP contribution in [0.5, 0.6) is 0 Å². The number of methoxy groups -OCH3 is 1. The molecule has 4 unspecified atom stereocenters. The molecule has 0 N–H and O–H groups in total. The molecule has 2 rings (SSSR count). The first-order valence-corrected chi connectivity index (χ1v) is 12.0. The Kier molecular flexibility index (Phi) is 12.8. The van der Waals surface area contributed by atoms with Gasteiger partial charge in [-0.3, -0.25) is 4.79 Å². The molecule has 0 aliphatic heterocycles. The average molecular weight is 411 g/mol. The van der Waals surface area contributed by atoms with Gasteiger partial charge in [0, 0.05) is 6.42 Å². The maximum Gasteiger partial charge on any atom is 0.305 e. The number of fused-ring (bicyclic) bond motifs is 1. The summed E-state index contributed by atoms with van der Waals surface area (Å²) in [5.74, 6) is 2.54. The lowest BCUT2D eigenvalue weighted by molar-refractivity contribution is -0.140. The molecule has 2 aliphatic rings. The molecular weight excluding hydrogens is 356 g/mol. The Hall–Kier alpha value is -0.530. The van der Waals surface area contributed by atoms with E-state index in [9.17, 15) is 4.79 Å². The predicted molar refractivity (Wildman–Crippen MR) is 128 cm³/mol. The second kappa shape index (κ2) is 13.0. The van der Waals surface area contributed by atoms with Gasteiger partial charge in [-0.2, -0.15) is 0 Å². The standard InChI is InChI=1S/C25H46O2.2CH4/c1-6-16-25(4)19-20(7-2)22-14-8-9-17-24(22,3)18-11-13-21(25)12-10-15-23(26)27-5;;/h20-22H,6-19H2,1-5H3;2*1H4/t20-,21?,22?,24?,25?;;/m0../s1. The monoisotopic (exact) mass is 410 g/mol. The predicted octanol–water partition coefficient (Wildman–Crippen LogP) is 8.82. The summed E-state index contributed by atoms with van der Waals surface area (Å²) in [5, 5.41) is 0. The molecule has 2 nitrogen and oxygen atoms in total. The molecule has 0 heterocycles. The number of carbonyl (C=O) groups excluding carboxylic acids is 1. The van der Waals surface area contributed by atoms with Crippen molar-refractivity contribution in [3.63, 3.8) is 0 Å². The number of ether oxygens (including phenoxy) is 1. The zero-order valence-electron chi connectivity index (χ0n) is 18.9. The lowest BCUT2D eigenvalue weighted by Gasteiger charge is -2.47. The first kappa shape index (κ1) is 28.5. The summed E-state index contributed by atoms with van der Waals surface area (Å²) in [4.78, 5) is 11.6. The van der Waals surface area contributed by atoms with Crippen molar-refractivity contribution in [2.45, 2.75) is 132 Å². The molecule has 0 radical (unpaired) electrons. The van der Waals surface area contributed by atoms with E-state index in [1.54, 1.807) is 0 Å². The molecule has 0 aromatic heterocycles. The van der Waals surface area contributed by atoms with Crippen LogP contribution in [0.25, 0.3) is 0 Å². The van der Waals surface area contributed by atoms with Crippen molar-refractivity contribution in [2.24, 2.45) is 28.6 Å². The number of hydrogen-bond acceptors (Lipinski definition) is 2. The van der Waals surface area contributed by atoms with E-state index in [-0.39, 0.29) is 20.8 Å². The van der Waals surface area contributed by atoms with Gasteiger partial charge in [-0.1, -0.05) is 74.7 Å². The number of esters is 1. The molecule has 0 saturated heterocycles. The van der Waals surface area contributed by atoms with Crippen molar-refractivity contribution in [2.75, 3.05) is 7.11 Å². The first-order valence-electron chi connectivity index (χ1n) is 12.0. The molecule has 29 heavy (non-hydrogen) atoms. The van der Waals surface area contributed by atoms with E-state index in [4.69, 9.17) is 4.74 Å². The highest BCUT2D eigenvalue weighted by Gasteiger charge is 2.45. The summed E-state index contributed by atoms with van der Waals surface area (Å²) in [6.45, 7) is 10.0. The Bertz CT molecular complexity index is 459. The third-order valence-electron chi connectivity index (χ3n) is 8.50. The number of hydrogen-bond donors (Lipinski definition) is 0. The molecule has 174 valence electrons. The topological polar surface area (TPSA) is 26.3 Å². The van der Waals surface area contributed by atoms with E-state index >= 15 is 0 Å². The molecule has 5 atom stereocenters. The maximum absolute atomic E-state index is 11.6. The second-order valence-corrected chi connectivity index (χ2v) is 10.3. The summed E-state index contributed by atoms with van der Waals surface area (Å²) in [5.41, 5.74) is 1.02. The van der Waals surface area contributed by atoms with E-state index < -0.39 is 0 Å². The number of rotatable bonds is 7. The molecule has 0 amide bonds. The second-order valence-electron chi connectivity index (χ2n) is 10.3. The van der Waals surface area contributed by atoms with Gasteiger partial charge in [0.15, 0.2) is 0 Å².